The highest BCUT2D eigenvalue weighted by Gasteiger charge is 2.26. The number of aliphatic imine (C=N–C) groups is 2. The van der Waals surface area contributed by atoms with Gasteiger partial charge in [-0.3, -0.25) is 19.6 Å². The second-order valence-corrected chi connectivity index (χ2v) is 18.6. The lowest BCUT2D eigenvalue weighted by atomic mass is 9.90. The number of phenols is 2. The summed E-state index contributed by atoms with van der Waals surface area (Å²) < 4.78 is 25.4. The third-order valence-electron chi connectivity index (χ3n) is 13.6. The van der Waals surface area contributed by atoms with Crippen LogP contribution in [0, 0.1) is 0 Å². The molecular weight excluding hydrogens is 937 g/mol. The number of aromatic hydroxyl groups is 2. The minimum absolute atomic E-state index is 0.0720. The number of benzene rings is 10. The first-order valence-corrected chi connectivity index (χ1v) is 25.1. The predicted molar refractivity (Wildman–Crippen MR) is 297 cm³/mol. The van der Waals surface area contributed by atoms with Gasteiger partial charge in [0, 0.05) is 58.7 Å². The highest BCUT2D eigenvalue weighted by Crippen LogP contribution is 2.48. The van der Waals surface area contributed by atoms with Crippen LogP contribution in [0.15, 0.2) is 204 Å². The quantitative estimate of drug-likeness (QED) is 0.113. The molecule has 2 N–H and O–H groups in total. The molecule has 0 spiro atoms. The average Bonchev–Trinajstić information content (AvgIpc) is 3.44. The van der Waals surface area contributed by atoms with E-state index in [-0.39, 0.29) is 55.5 Å². The fraction of sp³-hybridized carbons (Fsp3) is 0.138. The molecule has 11 rings (SSSR count). The van der Waals surface area contributed by atoms with Crippen molar-refractivity contribution in [2.24, 2.45) is 9.98 Å². The molecule has 10 aromatic carbocycles. The predicted octanol–water partition coefficient (Wildman–Crippen LogP) is 13.7. The fourth-order valence-corrected chi connectivity index (χ4v) is 9.94. The van der Waals surface area contributed by atoms with E-state index in [1.807, 2.05) is 182 Å². The smallest absolute Gasteiger partial charge is 0.311 e. The molecule has 2 atom stereocenters. The first-order valence-electron chi connectivity index (χ1n) is 25.1. The molecule has 10 nitrogen and oxygen atoms in total. The van der Waals surface area contributed by atoms with Gasteiger partial charge in [-0.05, 0) is 84.9 Å². The number of ether oxygens (including phenoxy) is 4. The van der Waals surface area contributed by atoms with Gasteiger partial charge < -0.3 is 29.2 Å². The van der Waals surface area contributed by atoms with Crippen LogP contribution < -0.4 is 9.47 Å². The zero-order valence-corrected chi connectivity index (χ0v) is 41.0. The maximum absolute atomic E-state index is 13.9. The van der Waals surface area contributed by atoms with E-state index < -0.39 is 24.0 Å². The van der Waals surface area contributed by atoms with Crippen molar-refractivity contribution in [3.05, 3.63) is 216 Å². The Labute approximate surface area is 433 Å². The number of nitrogens with zero attached hydrogens (tertiary/aromatic N) is 2. The van der Waals surface area contributed by atoms with E-state index in [2.05, 4.69) is 0 Å². The highest BCUT2D eigenvalue weighted by atomic mass is 16.5. The lowest BCUT2D eigenvalue weighted by Gasteiger charge is -2.22. The van der Waals surface area contributed by atoms with Crippen LogP contribution in [0.2, 0.25) is 0 Å². The molecule has 370 valence electrons. The van der Waals surface area contributed by atoms with E-state index in [0.29, 0.717) is 46.6 Å². The van der Waals surface area contributed by atoms with Crippen molar-refractivity contribution >= 4 is 67.5 Å². The van der Waals surface area contributed by atoms with Gasteiger partial charge in [-0.2, -0.15) is 0 Å². The largest absolute Gasteiger partial charge is 0.507 e. The Morgan fingerprint density at radius 1 is 0.427 bits per heavy atom. The Morgan fingerprint density at radius 3 is 1.20 bits per heavy atom. The fourth-order valence-electron chi connectivity index (χ4n) is 9.94. The molecule has 10 aromatic rings. The summed E-state index contributed by atoms with van der Waals surface area (Å²) in [5, 5.41) is 31.7. The standard InChI is InChI=1S/C65H52N2O8/c68-58-28-15-29-59(69)75-57-33-31-45-21-8-12-25-51(45)61(57)63-53-27-14-10-23-47(53)35-49(65(63)71)37-67-55(41-73-39-43-18-5-2-6-19-43)54(40-72-38-42-16-3-1-4-17-42)66-36-48-34-46-22-9-13-26-52(46)62(64(48)70)60-50-24-11-7-20-44(50)30-32-56(60)74-58/h1-14,16-27,30-37,54-55,70-71H,15,28-29,38-41H2/t54-,55?/m1/s1. The molecule has 1 aliphatic rings. The molecule has 10 heteroatoms. The second-order valence-electron chi connectivity index (χ2n) is 18.6. The van der Waals surface area contributed by atoms with Crippen LogP contribution in [0.4, 0.5) is 0 Å². The van der Waals surface area contributed by atoms with E-state index in [4.69, 9.17) is 28.9 Å². The first kappa shape index (κ1) is 48.3. The van der Waals surface area contributed by atoms with Gasteiger partial charge in [-0.1, -0.05) is 170 Å². The van der Waals surface area contributed by atoms with Crippen molar-refractivity contribution in [2.45, 2.75) is 44.6 Å². The third kappa shape index (κ3) is 10.5. The van der Waals surface area contributed by atoms with Crippen LogP contribution in [0.5, 0.6) is 23.0 Å². The summed E-state index contributed by atoms with van der Waals surface area (Å²) in [5.74, 6) is -0.758. The monoisotopic (exact) mass is 988 g/mol. The number of carbonyl (C=O) groups excluding carboxylic acids is 2. The topological polar surface area (TPSA) is 136 Å². The van der Waals surface area contributed by atoms with Gasteiger partial charge in [-0.15, -0.1) is 0 Å². The second kappa shape index (κ2) is 22.0. The Balaban J connectivity index is 1.11. The molecule has 0 aliphatic carbocycles. The SMILES string of the molecule is O=C1CCCC(=O)Oc2ccc3ccccc3c2-c2c(O)c(cc3ccccc23)C=N[C@H](COCc2ccccc2)C(COCc2ccccc2)N=Cc2cc3ccccc3c(c2O)-c2c(ccc3ccccc23)O1. The number of hydrogen-bond acceptors (Lipinski definition) is 10. The van der Waals surface area contributed by atoms with Gasteiger partial charge >= 0.3 is 11.9 Å². The molecule has 0 aromatic heterocycles. The number of esters is 2. The summed E-state index contributed by atoms with van der Waals surface area (Å²) in [7, 11) is 0. The molecule has 0 radical (unpaired) electrons. The summed E-state index contributed by atoms with van der Waals surface area (Å²) in [6, 6.07) is 60.3. The minimum atomic E-state index is -0.697. The normalized spacial score (nSPS) is 15.4. The highest BCUT2D eigenvalue weighted by molar-refractivity contribution is 6.14. The van der Waals surface area contributed by atoms with Gasteiger partial charge in [0.1, 0.15) is 23.0 Å². The molecule has 0 amide bonds. The molecule has 1 aliphatic heterocycles. The maximum atomic E-state index is 13.9. The third-order valence-corrected chi connectivity index (χ3v) is 13.6. The van der Waals surface area contributed by atoms with Crippen molar-refractivity contribution in [1.29, 1.82) is 0 Å². The summed E-state index contributed by atoms with van der Waals surface area (Å²) in [6.07, 6.45) is 3.25. The Hall–Kier alpha value is -8.96. The molecule has 1 unspecified atom stereocenters. The van der Waals surface area contributed by atoms with Crippen LogP contribution in [-0.4, -0.2) is 59.9 Å². The molecule has 0 saturated carbocycles. The van der Waals surface area contributed by atoms with Crippen LogP contribution in [0.1, 0.15) is 41.5 Å². The van der Waals surface area contributed by atoms with Crippen LogP contribution >= 0.6 is 0 Å². The summed E-state index contributed by atoms with van der Waals surface area (Å²) in [6.45, 7) is 0.808. The van der Waals surface area contributed by atoms with Gasteiger partial charge in [-0.25, -0.2) is 0 Å². The van der Waals surface area contributed by atoms with E-state index >= 15 is 0 Å². The van der Waals surface area contributed by atoms with Crippen LogP contribution in [0.3, 0.4) is 0 Å². The van der Waals surface area contributed by atoms with E-state index in [1.54, 1.807) is 24.6 Å². The summed E-state index contributed by atoms with van der Waals surface area (Å²) in [5.41, 5.74) is 4.76. The summed E-state index contributed by atoms with van der Waals surface area (Å²) in [4.78, 5) is 38.3. The van der Waals surface area contributed by atoms with E-state index in [9.17, 15) is 19.8 Å². The van der Waals surface area contributed by atoms with E-state index in [1.165, 1.54) is 0 Å². The number of rotatable bonds is 8. The molecular formula is C65H52N2O8. The molecule has 4 bridgehead atoms. The van der Waals surface area contributed by atoms with Crippen LogP contribution in [0.25, 0.3) is 65.3 Å². The van der Waals surface area contributed by atoms with Crippen molar-refractivity contribution < 1.29 is 38.7 Å². The van der Waals surface area contributed by atoms with Crippen molar-refractivity contribution in [2.75, 3.05) is 13.2 Å². The molecule has 1 heterocycles. The number of phenolic OH excluding ortho intramolecular Hbond substituents is 2. The van der Waals surface area contributed by atoms with Gasteiger partial charge in [0.25, 0.3) is 0 Å². The Kier molecular flexibility index (Phi) is 14.2. The Bertz CT molecular complexity index is 3550. The summed E-state index contributed by atoms with van der Waals surface area (Å²) >= 11 is 0. The minimum Gasteiger partial charge on any atom is -0.507 e. The lowest BCUT2D eigenvalue weighted by Crippen LogP contribution is -2.32. The van der Waals surface area contributed by atoms with Gasteiger partial charge in [0.05, 0.1) is 38.5 Å². The number of hydrogen-bond donors (Lipinski definition) is 2. The molecule has 0 saturated heterocycles. The van der Waals surface area contributed by atoms with Crippen LogP contribution in [-0.2, 0) is 32.3 Å². The number of fused-ring (bicyclic) bond motifs is 16. The van der Waals surface area contributed by atoms with Crippen molar-refractivity contribution in [1.82, 2.24) is 0 Å². The molecule has 75 heavy (non-hydrogen) atoms. The molecule has 0 fully saturated rings. The zero-order valence-electron chi connectivity index (χ0n) is 41.0. The van der Waals surface area contributed by atoms with Crippen molar-refractivity contribution in [3.8, 4) is 45.3 Å². The maximum Gasteiger partial charge on any atom is 0.311 e. The van der Waals surface area contributed by atoms with Gasteiger partial charge in [0.2, 0.25) is 0 Å². The lowest BCUT2D eigenvalue weighted by molar-refractivity contribution is -0.136. The average molecular weight is 989 g/mol. The Morgan fingerprint density at radius 2 is 0.787 bits per heavy atom. The van der Waals surface area contributed by atoms with Crippen molar-refractivity contribution in [3.63, 3.8) is 0 Å². The zero-order chi connectivity index (χ0) is 51.1. The first-order chi connectivity index (χ1) is 36.9. The number of carbonyl (C=O) groups is 2. The van der Waals surface area contributed by atoms with Gasteiger partial charge in [0.15, 0.2) is 0 Å². The van der Waals surface area contributed by atoms with E-state index in [0.717, 1.165) is 54.2 Å².